The highest BCUT2D eigenvalue weighted by Gasteiger charge is 2.15. The van der Waals surface area contributed by atoms with Gasteiger partial charge < -0.3 is 20.8 Å². The molecular formula is C18H18N4O3S. The van der Waals surface area contributed by atoms with Crippen LogP contribution in [0.4, 0.5) is 10.8 Å². The van der Waals surface area contributed by atoms with E-state index >= 15 is 0 Å². The van der Waals surface area contributed by atoms with E-state index in [4.69, 9.17) is 10.5 Å². The van der Waals surface area contributed by atoms with Crippen molar-refractivity contribution in [2.45, 2.75) is 13.3 Å². The molecule has 7 nitrogen and oxygen atoms in total. The standard InChI is InChI=1S/C18H18N4O3S/c1-3-14-12(8-13(16(19)23)17(24)21-14)15-9-26-18(22-15)20-10-4-6-11(25-2)7-5-10/h4-9H,3H2,1-2H3,(H2,19,23)(H,20,22)(H,21,24). The zero-order valence-corrected chi connectivity index (χ0v) is 15.1. The number of rotatable bonds is 6. The number of carbonyl (C=O) groups excluding carboxylic acids is 1. The maximum absolute atomic E-state index is 11.9. The number of benzene rings is 1. The number of anilines is 2. The number of nitrogens with zero attached hydrogens (tertiary/aromatic N) is 1. The highest BCUT2D eigenvalue weighted by molar-refractivity contribution is 7.14. The minimum atomic E-state index is -0.762. The highest BCUT2D eigenvalue weighted by Crippen LogP contribution is 2.29. The molecule has 1 amide bonds. The molecule has 0 aliphatic carbocycles. The van der Waals surface area contributed by atoms with Gasteiger partial charge in [0.05, 0.1) is 12.8 Å². The van der Waals surface area contributed by atoms with Crippen LogP contribution in [0, 0.1) is 0 Å². The van der Waals surface area contributed by atoms with Gasteiger partial charge in [0.25, 0.3) is 11.5 Å². The Morgan fingerprint density at radius 3 is 2.69 bits per heavy atom. The average Bonchev–Trinajstić information content (AvgIpc) is 3.10. The monoisotopic (exact) mass is 370 g/mol. The van der Waals surface area contributed by atoms with Crippen molar-refractivity contribution in [1.29, 1.82) is 0 Å². The summed E-state index contributed by atoms with van der Waals surface area (Å²) >= 11 is 1.43. The van der Waals surface area contributed by atoms with Gasteiger partial charge >= 0.3 is 0 Å². The SMILES string of the molecule is CCc1[nH]c(=O)c(C(N)=O)cc1-c1csc(Nc2ccc(OC)cc2)n1. The van der Waals surface area contributed by atoms with Crippen molar-refractivity contribution in [3.63, 3.8) is 0 Å². The Balaban J connectivity index is 1.92. The smallest absolute Gasteiger partial charge is 0.261 e. The summed E-state index contributed by atoms with van der Waals surface area (Å²) in [5, 5.41) is 5.78. The third kappa shape index (κ3) is 3.60. The highest BCUT2D eigenvalue weighted by atomic mass is 32.1. The molecule has 0 aliphatic heterocycles. The fourth-order valence-electron chi connectivity index (χ4n) is 2.51. The molecule has 134 valence electrons. The first-order valence-corrected chi connectivity index (χ1v) is 8.82. The van der Waals surface area contributed by atoms with Gasteiger partial charge in [0.1, 0.15) is 11.3 Å². The predicted molar refractivity (Wildman–Crippen MR) is 102 cm³/mol. The quantitative estimate of drug-likeness (QED) is 0.618. The maximum atomic E-state index is 11.9. The second-order valence-electron chi connectivity index (χ2n) is 5.51. The summed E-state index contributed by atoms with van der Waals surface area (Å²) in [6.07, 6.45) is 0.600. The van der Waals surface area contributed by atoms with Gasteiger partial charge in [-0.05, 0) is 36.8 Å². The number of H-pyrrole nitrogens is 1. The summed E-state index contributed by atoms with van der Waals surface area (Å²) in [5.41, 5.74) is 7.68. The zero-order valence-electron chi connectivity index (χ0n) is 14.3. The minimum absolute atomic E-state index is 0.0742. The molecule has 26 heavy (non-hydrogen) atoms. The molecule has 0 fully saturated rings. The van der Waals surface area contributed by atoms with Gasteiger partial charge in [0.2, 0.25) is 0 Å². The summed E-state index contributed by atoms with van der Waals surface area (Å²) < 4.78 is 5.14. The van der Waals surface area contributed by atoms with Crippen molar-refractivity contribution in [3.8, 4) is 17.0 Å². The van der Waals surface area contributed by atoms with Crippen LogP contribution < -0.4 is 21.3 Å². The van der Waals surface area contributed by atoms with Crippen molar-refractivity contribution in [2.24, 2.45) is 5.73 Å². The number of nitrogens with one attached hydrogen (secondary N) is 2. The van der Waals surface area contributed by atoms with E-state index in [0.717, 1.165) is 11.4 Å². The third-order valence-corrected chi connectivity index (χ3v) is 4.62. The van der Waals surface area contributed by atoms with E-state index in [0.29, 0.717) is 28.5 Å². The lowest BCUT2D eigenvalue weighted by Crippen LogP contribution is -2.24. The Kier molecular flexibility index (Phi) is 5.04. The van der Waals surface area contributed by atoms with Crippen LogP contribution in [-0.4, -0.2) is 23.0 Å². The van der Waals surface area contributed by atoms with Gasteiger partial charge in [-0.3, -0.25) is 9.59 Å². The number of aryl methyl sites for hydroxylation is 1. The van der Waals surface area contributed by atoms with Crippen LogP contribution in [0.1, 0.15) is 23.0 Å². The Morgan fingerprint density at radius 2 is 2.08 bits per heavy atom. The number of carbonyl (C=O) groups is 1. The Bertz CT molecular complexity index is 992. The number of ether oxygens (including phenoxy) is 1. The molecule has 2 heterocycles. The molecule has 0 saturated heterocycles. The van der Waals surface area contributed by atoms with E-state index in [2.05, 4.69) is 15.3 Å². The molecule has 8 heteroatoms. The summed E-state index contributed by atoms with van der Waals surface area (Å²) in [6.45, 7) is 1.92. The van der Waals surface area contributed by atoms with Crippen LogP contribution in [0.2, 0.25) is 0 Å². The van der Waals surface area contributed by atoms with Crippen LogP contribution in [0.5, 0.6) is 5.75 Å². The van der Waals surface area contributed by atoms with Crippen LogP contribution in [-0.2, 0) is 6.42 Å². The first-order valence-electron chi connectivity index (χ1n) is 7.94. The topological polar surface area (TPSA) is 110 Å². The number of methoxy groups -OCH3 is 1. The van der Waals surface area contributed by atoms with E-state index in [1.807, 2.05) is 36.6 Å². The molecule has 2 aromatic heterocycles. The first kappa shape index (κ1) is 17.7. The van der Waals surface area contributed by atoms with Crippen molar-refractivity contribution in [1.82, 2.24) is 9.97 Å². The molecule has 0 aliphatic rings. The number of amides is 1. The molecule has 0 radical (unpaired) electrons. The number of hydrogen-bond acceptors (Lipinski definition) is 6. The average molecular weight is 370 g/mol. The van der Waals surface area contributed by atoms with E-state index in [9.17, 15) is 9.59 Å². The maximum Gasteiger partial charge on any atom is 0.261 e. The molecule has 3 rings (SSSR count). The summed E-state index contributed by atoms with van der Waals surface area (Å²) in [6, 6.07) is 9.00. The number of nitrogens with two attached hydrogens (primary N) is 1. The molecule has 4 N–H and O–H groups in total. The van der Waals surface area contributed by atoms with Gasteiger partial charge in [-0.25, -0.2) is 4.98 Å². The van der Waals surface area contributed by atoms with Crippen molar-refractivity contribution in [2.75, 3.05) is 12.4 Å². The lowest BCUT2D eigenvalue weighted by Gasteiger charge is -2.07. The molecule has 0 bridgehead atoms. The van der Waals surface area contributed by atoms with Crippen LogP contribution in [0.15, 0.2) is 40.5 Å². The van der Waals surface area contributed by atoms with Gasteiger partial charge in [0.15, 0.2) is 5.13 Å². The number of pyridine rings is 1. The van der Waals surface area contributed by atoms with E-state index in [1.54, 1.807) is 7.11 Å². The largest absolute Gasteiger partial charge is 0.497 e. The van der Waals surface area contributed by atoms with Crippen LogP contribution in [0.25, 0.3) is 11.3 Å². The van der Waals surface area contributed by atoms with E-state index < -0.39 is 11.5 Å². The molecule has 0 atom stereocenters. The van der Waals surface area contributed by atoms with E-state index in [1.165, 1.54) is 17.4 Å². The van der Waals surface area contributed by atoms with Gasteiger partial charge in [-0.2, -0.15) is 0 Å². The molecular weight excluding hydrogens is 352 g/mol. The van der Waals surface area contributed by atoms with Crippen molar-refractivity contribution in [3.05, 3.63) is 57.3 Å². The first-order chi connectivity index (χ1) is 12.5. The fourth-order valence-corrected chi connectivity index (χ4v) is 3.24. The van der Waals surface area contributed by atoms with Gasteiger partial charge in [-0.15, -0.1) is 11.3 Å². The Hall–Kier alpha value is -3.13. The lowest BCUT2D eigenvalue weighted by molar-refractivity contribution is 0.0999. The molecule has 0 spiro atoms. The number of aromatic nitrogens is 2. The second kappa shape index (κ2) is 7.40. The Labute approximate surface area is 153 Å². The number of hydrogen-bond donors (Lipinski definition) is 3. The van der Waals surface area contributed by atoms with E-state index in [-0.39, 0.29) is 5.56 Å². The van der Waals surface area contributed by atoms with Gasteiger partial charge in [0, 0.05) is 22.3 Å². The van der Waals surface area contributed by atoms with Crippen LogP contribution in [0.3, 0.4) is 0 Å². The summed E-state index contributed by atoms with van der Waals surface area (Å²) in [5.74, 6) is 0.0113. The number of thiazole rings is 1. The fraction of sp³-hybridized carbons (Fsp3) is 0.167. The van der Waals surface area contributed by atoms with Crippen LogP contribution >= 0.6 is 11.3 Å². The van der Waals surface area contributed by atoms with Crippen molar-refractivity contribution >= 4 is 28.1 Å². The lowest BCUT2D eigenvalue weighted by atomic mass is 10.1. The molecule has 0 unspecified atom stereocenters. The minimum Gasteiger partial charge on any atom is -0.497 e. The third-order valence-electron chi connectivity index (χ3n) is 3.86. The van der Waals surface area contributed by atoms with Gasteiger partial charge in [-0.1, -0.05) is 6.92 Å². The molecule has 0 saturated carbocycles. The molecule has 1 aromatic carbocycles. The normalized spacial score (nSPS) is 10.5. The number of aromatic amines is 1. The number of primary amides is 1. The zero-order chi connectivity index (χ0) is 18.7. The Morgan fingerprint density at radius 1 is 1.35 bits per heavy atom. The summed E-state index contributed by atoms with van der Waals surface area (Å²) in [4.78, 5) is 30.7. The summed E-state index contributed by atoms with van der Waals surface area (Å²) in [7, 11) is 1.62. The van der Waals surface area contributed by atoms with Crippen molar-refractivity contribution < 1.29 is 9.53 Å². The second-order valence-corrected chi connectivity index (χ2v) is 6.37. The molecule has 3 aromatic rings. The predicted octanol–water partition coefficient (Wildman–Crippen LogP) is 2.91.